The van der Waals surface area contributed by atoms with Gasteiger partial charge in [0.2, 0.25) is 5.95 Å². The van der Waals surface area contributed by atoms with Gasteiger partial charge in [0.25, 0.3) is 0 Å². The molecule has 1 amide bonds. The van der Waals surface area contributed by atoms with Crippen LogP contribution in [0.3, 0.4) is 0 Å². The predicted molar refractivity (Wildman–Crippen MR) is 176 cm³/mol. The molecular weight excluding hydrogens is 567 g/mol. The van der Waals surface area contributed by atoms with Crippen LogP contribution in [0.5, 0.6) is 0 Å². The maximum Gasteiger partial charge on any atom is 0.407 e. The van der Waals surface area contributed by atoms with Crippen LogP contribution in [-0.4, -0.2) is 54.1 Å². The number of hydrogen-bond donors (Lipinski definition) is 3. The summed E-state index contributed by atoms with van der Waals surface area (Å²) in [4.78, 5) is 23.7. The first-order valence-corrected chi connectivity index (χ1v) is 17.2. The number of rotatable bonds is 7. The van der Waals surface area contributed by atoms with E-state index in [-0.39, 0.29) is 20.1 Å². The molecule has 5 rings (SSSR count). The zero-order valence-electron chi connectivity index (χ0n) is 25.4. The van der Waals surface area contributed by atoms with Crippen LogP contribution in [0.2, 0.25) is 5.02 Å². The average Bonchev–Trinajstić information content (AvgIpc) is 2.89. The second kappa shape index (κ2) is 12.3. The third kappa shape index (κ3) is 7.27. The Balaban J connectivity index is 1.17. The molecule has 1 saturated heterocycles. The first kappa shape index (κ1) is 30.4. The van der Waals surface area contributed by atoms with Crippen molar-refractivity contribution in [2.75, 3.05) is 42.0 Å². The molecule has 10 heteroatoms. The molecule has 8 nitrogen and oxygen atoms in total. The molecule has 1 aliphatic carbocycles. The molecule has 0 atom stereocenters. The van der Waals surface area contributed by atoms with Crippen LogP contribution in [-0.2, 0) is 4.74 Å². The number of aryl methyl sites for hydroxylation is 1. The Kier molecular flexibility index (Phi) is 8.86. The van der Waals surface area contributed by atoms with Crippen LogP contribution < -0.4 is 26.2 Å². The number of ether oxygens (including phenoxy) is 1. The van der Waals surface area contributed by atoms with Gasteiger partial charge in [0, 0.05) is 36.2 Å². The summed E-state index contributed by atoms with van der Waals surface area (Å²) in [6.45, 7) is 14.3. The van der Waals surface area contributed by atoms with Crippen LogP contribution in [0.4, 0.5) is 33.6 Å². The summed E-state index contributed by atoms with van der Waals surface area (Å²) in [6, 6.07) is 14.9. The van der Waals surface area contributed by atoms with Gasteiger partial charge < -0.3 is 25.6 Å². The molecule has 3 aromatic rings. The van der Waals surface area contributed by atoms with Gasteiger partial charge in [0.15, 0.2) is 5.82 Å². The first-order chi connectivity index (χ1) is 19.9. The number of anilines is 5. The van der Waals surface area contributed by atoms with Crippen molar-refractivity contribution in [3.63, 3.8) is 0 Å². The molecule has 0 unspecified atom stereocenters. The number of nitrogens with one attached hydrogen (secondary N) is 3. The minimum absolute atomic E-state index is 0.218. The molecule has 3 N–H and O–H groups in total. The fourth-order valence-corrected chi connectivity index (χ4v) is 7.16. The molecule has 1 aliphatic heterocycles. The Morgan fingerprint density at radius 2 is 1.81 bits per heavy atom. The summed E-state index contributed by atoms with van der Waals surface area (Å²) in [5.41, 5.74) is 4.27. The number of benzene rings is 2. The van der Waals surface area contributed by atoms with Crippen molar-refractivity contribution in [3.8, 4) is 0 Å². The van der Waals surface area contributed by atoms with Crippen molar-refractivity contribution in [1.82, 2.24) is 15.3 Å². The van der Waals surface area contributed by atoms with Crippen molar-refractivity contribution in [2.45, 2.75) is 65.0 Å². The monoisotopic (exact) mass is 608 g/mol. The SMILES string of the molecule is Cc1cc(Nc2ncc(Cl)c(Nc3ccccc3P(C)C)n2)ccc1N1CCC2(CC1)CC(NC(=O)OC(C)(C)C)C2. The second-order valence-electron chi connectivity index (χ2n) is 12.8. The van der Waals surface area contributed by atoms with E-state index < -0.39 is 5.60 Å². The molecule has 2 fully saturated rings. The minimum Gasteiger partial charge on any atom is -0.444 e. The first-order valence-electron chi connectivity index (χ1n) is 14.6. The van der Waals surface area contributed by atoms with Crippen molar-refractivity contribution < 1.29 is 9.53 Å². The number of amides is 1. The van der Waals surface area contributed by atoms with Crippen LogP contribution >= 0.6 is 19.5 Å². The van der Waals surface area contributed by atoms with Gasteiger partial charge in [-0.3, -0.25) is 0 Å². The van der Waals surface area contributed by atoms with Crippen molar-refractivity contribution in [3.05, 3.63) is 59.2 Å². The van der Waals surface area contributed by atoms with Gasteiger partial charge in [0.1, 0.15) is 10.6 Å². The van der Waals surface area contributed by atoms with E-state index in [2.05, 4.69) is 87.5 Å². The van der Waals surface area contributed by atoms with Gasteiger partial charge in [-0.15, -0.1) is 0 Å². The highest BCUT2D eigenvalue weighted by Crippen LogP contribution is 2.50. The van der Waals surface area contributed by atoms with E-state index in [1.165, 1.54) is 16.6 Å². The second-order valence-corrected chi connectivity index (χ2v) is 15.5. The number of carbonyl (C=O) groups excluding carboxylic acids is 1. The lowest BCUT2D eigenvalue weighted by Gasteiger charge is -2.52. The van der Waals surface area contributed by atoms with Crippen LogP contribution in [0.15, 0.2) is 48.7 Å². The van der Waals surface area contributed by atoms with Crippen molar-refractivity contribution in [1.29, 1.82) is 0 Å². The Labute approximate surface area is 255 Å². The molecule has 2 heterocycles. The van der Waals surface area contributed by atoms with E-state index in [4.69, 9.17) is 16.3 Å². The zero-order valence-corrected chi connectivity index (χ0v) is 27.1. The van der Waals surface area contributed by atoms with Gasteiger partial charge in [-0.05, 0) is 107 Å². The van der Waals surface area contributed by atoms with Crippen molar-refractivity contribution in [2.24, 2.45) is 5.41 Å². The molecular formula is C32H42ClN6O2P. The Morgan fingerprint density at radius 3 is 2.48 bits per heavy atom. The largest absolute Gasteiger partial charge is 0.444 e. The predicted octanol–water partition coefficient (Wildman–Crippen LogP) is 7.57. The van der Waals surface area contributed by atoms with E-state index in [9.17, 15) is 4.79 Å². The van der Waals surface area contributed by atoms with Gasteiger partial charge in [0.05, 0.1) is 6.20 Å². The summed E-state index contributed by atoms with van der Waals surface area (Å²) >= 11 is 6.46. The minimum atomic E-state index is -0.470. The third-order valence-electron chi connectivity index (χ3n) is 8.08. The van der Waals surface area contributed by atoms with E-state index in [1.54, 1.807) is 6.20 Å². The highest BCUT2D eigenvalue weighted by Gasteiger charge is 2.46. The molecule has 2 aliphatic rings. The molecule has 1 spiro atoms. The highest BCUT2D eigenvalue weighted by atomic mass is 35.5. The highest BCUT2D eigenvalue weighted by molar-refractivity contribution is 7.64. The number of para-hydroxylation sites is 1. The summed E-state index contributed by atoms with van der Waals surface area (Å²) in [5.74, 6) is 1.06. The van der Waals surface area contributed by atoms with Crippen LogP contribution in [0, 0.1) is 12.3 Å². The van der Waals surface area contributed by atoms with Crippen LogP contribution in [0.25, 0.3) is 0 Å². The molecule has 0 bridgehead atoms. The van der Waals surface area contributed by atoms with Gasteiger partial charge in [-0.2, -0.15) is 4.98 Å². The molecule has 224 valence electrons. The lowest BCUT2D eigenvalue weighted by molar-refractivity contribution is 0.0234. The smallest absolute Gasteiger partial charge is 0.407 e. The molecule has 42 heavy (non-hydrogen) atoms. The number of alkyl carbamates (subject to hydrolysis) is 1. The van der Waals surface area contributed by atoms with E-state index in [1.807, 2.05) is 26.8 Å². The molecule has 1 aromatic heterocycles. The number of piperidine rings is 1. The number of halogens is 1. The topological polar surface area (TPSA) is 91.4 Å². The number of nitrogens with zero attached hydrogens (tertiary/aromatic N) is 3. The number of aromatic nitrogens is 2. The summed E-state index contributed by atoms with van der Waals surface area (Å²) in [5, 5.41) is 11.5. The average molecular weight is 609 g/mol. The fourth-order valence-electron chi connectivity index (χ4n) is 6.02. The molecule has 1 saturated carbocycles. The summed E-state index contributed by atoms with van der Waals surface area (Å²) < 4.78 is 5.42. The van der Waals surface area contributed by atoms with E-state index >= 15 is 0 Å². The van der Waals surface area contributed by atoms with Crippen LogP contribution in [0.1, 0.15) is 52.0 Å². The van der Waals surface area contributed by atoms with E-state index in [0.29, 0.717) is 22.2 Å². The lowest BCUT2D eigenvalue weighted by atomic mass is 9.60. The summed E-state index contributed by atoms with van der Waals surface area (Å²) in [6.07, 6.45) is 5.65. The quantitative estimate of drug-likeness (QED) is 0.238. The van der Waals surface area contributed by atoms with Crippen molar-refractivity contribution >= 4 is 59.7 Å². The Morgan fingerprint density at radius 1 is 1.10 bits per heavy atom. The maximum absolute atomic E-state index is 12.1. The van der Waals surface area contributed by atoms with Gasteiger partial charge in [-0.1, -0.05) is 37.7 Å². The maximum atomic E-state index is 12.1. The normalized spacial score (nSPS) is 16.7. The van der Waals surface area contributed by atoms with Gasteiger partial charge >= 0.3 is 6.09 Å². The number of carbonyl (C=O) groups is 1. The molecule has 2 aromatic carbocycles. The molecule has 0 radical (unpaired) electrons. The standard InChI is InChI=1S/C32H42ClN6O2P/c1-21-17-22(35-29-34-20-24(33)28(38-29)37-25-9-7-8-10-27(25)42(5)6)11-12-26(21)39-15-13-32(14-16-39)18-23(19-32)36-30(40)41-31(2,3)4/h7-12,17,20,23H,13-16,18-19H2,1-6H3,(H,36,40)(H2,34,35,37,38). The van der Waals surface area contributed by atoms with E-state index in [0.717, 1.165) is 50.1 Å². The fraction of sp³-hybridized carbons (Fsp3) is 0.469. The number of hydrogen-bond acceptors (Lipinski definition) is 7. The third-order valence-corrected chi connectivity index (χ3v) is 9.71. The zero-order chi connectivity index (χ0) is 30.1. The van der Waals surface area contributed by atoms with Gasteiger partial charge in [-0.25, -0.2) is 9.78 Å². The summed E-state index contributed by atoms with van der Waals surface area (Å²) in [7, 11) is -0.284. The Bertz CT molecular complexity index is 1430. The Hall–Kier alpha value is -3.09. The lowest BCUT2D eigenvalue weighted by Crippen LogP contribution is -2.55.